The van der Waals surface area contributed by atoms with Gasteiger partial charge in [0, 0.05) is 12.0 Å². The molecule has 1 unspecified atom stereocenters. The third kappa shape index (κ3) is 2.85. The van der Waals surface area contributed by atoms with Crippen LogP contribution in [-0.4, -0.2) is 25.2 Å². The summed E-state index contributed by atoms with van der Waals surface area (Å²) in [7, 11) is 0. The van der Waals surface area contributed by atoms with Crippen molar-refractivity contribution in [3.05, 3.63) is 36.4 Å². The van der Waals surface area contributed by atoms with Gasteiger partial charge in [0.1, 0.15) is 11.9 Å². The fourth-order valence-corrected chi connectivity index (χ4v) is 1.70. The first-order valence-electron chi connectivity index (χ1n) is 5.50. The number of primary amides is 1. The van der Waals surface area contributed by atoms with Gasteiger partial charge in [-0.2, -0.15) is 0 Å². The van der Waals surface area contributed by atoms with E-state index in [1.165, 1.54) is 0 Å². The van der Waals surface area contributed by atoms with E-state index in [9.17, 15) is 4.79 Å². The standard InChI is InChI=1S/C13H15NO3/c1-9(13(14)15)10-3-2-4-11(7-10)17-12-5-6-16-8-12/h2-4,7,12H,1,5-6,8H2,(H2,14,15). The first-order valence-corrected chi connectivity index (χ1v) is 5.50. The van der Waals surface area contributed by atoms with Crippen LogP contribution in [0.15, 0.2) is 30.8 Å². The minimum Gasteiger partial charge on any atom is -0.488 e. The maximum Gasteiger partial charge on any atom is 0.248 e. The molecule has 0 radical (unpaired) electrons. The lowest BCUT2D eigenvalue weighted by Gasteiger charge is -2.12. The summed E-state index contributed by atoms with van der Waals surface area (Å²) in [6, 6.07) is 7.21. The number of carbonyl (C=O) groups is 1. The monoisotopic (exact) mass is 233 g/mol. The van der Waals surface area contributed by atoms with Gasteiger partial charge in [0.15, 0.2) is 0 Å². The summed E-state index contributed by atoms with van der Waals surface area (Å²) in [5.41, 5.74) is 6.16. The third-order valence-corrected chi connectivity index (χ3v) is 2.67. The average molecular weight is 233 g/mol. The normalized spacial score (nSPS) is 18.9. The van der Waals surface area contributed by atoms with Crippen LogP contribution in [0, 0.1) is 0 Å². The first kappa shape index (κ1) is 11.7. The van der Waals surface area contributed by atoms with E-state index in [1.54, 1.807) is 12.1 Å². The lowest BCUT2D eigenvalue weighted by Crippen LogP contribution is -2.16. The SMILES string of the molecule is C=C(C(N)=O)c1cccc(OC2CCOC2)c1. The first-order chi connectivity index (χ1) is 8.16. The van der Waals surface area contributed by atoms with Crippen LogP contribution < -0.4 is 10.5 Å². The van der Waals surface area contributed by atoms with E-state index in [0.717, 1.165) is 13.0 Å². The summed E-state index contributed by atoms with van der Waals surface area (Å²) in [6.45, 7) is 4.99. The molecule has 1 aliphatic rings. The predicted octanol–water partition coefficient (Wildman–Crippen LogP) is 1.35. The summed E-state index contributed by atoms with van der Waals surface area (Å²) < 4.78 is 11.0. The van der Waals surface area contributed by atoms with Crippen LogP contribution in [0.4, 0.5) is 0 Å². The number of ether oxygens (including phenoxy) is 2. The van der Waals surface area contributed by atoms with Crippen molar-refractivity contribution < 1.29 is 14.3 Å². The number of hydrogen-bond donors (Lipinski definition) is 1. The lowest BCUT2D eigenvalue weighted by molar-refractivity contribution is -0.112. The average Bonchev–Trinajstić information content (AvgIpc) is 2.81. The Hall–Kier alpha value is -1.81. The number of nitrogens with two attached hydrogens (primary N) is 1. The van der Waals surface area contributed by atoms with Crippen molar-refractivity contribution in [2.45, 2.75) is 12.5 Å². The third-order valence-electron chi connectivity index (χ3n) is 2.67. The molecule has 90 valence electrons. The van der Waals surface area contributed by atoms with Crippen molar-refractivity contribution in [2.24, 2.45) is 5.73 Å². The highest BCUT2D eigenvalue weighted by atomic mass is 16.5. The second-order valence-electron chi connectivity index (χ2n) is 3.97. The molecule has 17 heavy (non-hydrogen) atoms. The molecule has 0 saturated carbocycles. The predicted molar refractivity (Wildman–Crippen MR) is 64.5 cm³/mol. The summed E-state index contributed by atoms with van der Waals surface area (Å²) in [4.78, 5) is 11.0. The van der Waals surface area contributed by atoms with Crippen molar-refractivity contribution in [3.63, 3.8) is 0 Å². The fraction of sp³-hybridized carbons (Fsp3) is 0.308. The van der Waals surface area contributed by atoms with Gasteiger partial charge in [-0.05, 0) is 17.7 Å². The molecule has 0 bridgehead atoms. The molecular weight excluding hydrogens is 218 g/mol. The second-order valence-corrected chi connectivity index (χ2v) is 3.97. The van der Waals surface area contributed by atoms with Crippen LogP contribution in [0.2, 0.25) is 0 Å². The van der Waals surface area contributed by atoms with Gasteiger partial charge in [-0.15, -0.1) is 0 Å². The maximum absolute atomic E-state index is 11.0. The highest BCUT2D eigenvalue weighted by Crippen LogP contribution is 2.21. The Morgan fingerprint density at radius 3 is 3.00 bits per heavy atom. The van der Waals surface area contributed by atoms with Gasteiger partial charge in [-0.1, -0.05) is 18.7 Å². The van der Waals surface area contributed by atoms with Gasteiger partial charge < -0.3 is 15.2 Å². The van der Waals surface area contributed by atoms with Crippen molar-refractivity contribution in [1.29, 1.82) is 0 Å². The van der Waals surface area contributed by atoms with Gasteiger partial charge in [0.2, 0.25) is 5.91 Å². The molecule has 1 fully saturated rings. The van der Waals surface area contributed by atoms with E-state index in [4.69, 9.17) is 15.2 Å². The highest BCUT2D eigenvalue weighted by Gasteiger charge is 2.17. The van der Waals surface area contributed by atoms with E-state index in [0.29, 0.717) is 17.9 Å². The molecule has 2 rings (SSSR count). The maximum atomic E-state index is 11.0. The molecule has 1 aliphatic heterocycles. The van der Waals surface area contributed by atoms with Crippen molar-refractivity contribution >= 4 is 11.5 Å². The molecular formula is C13H15NO3. The van der Waals surface area contributed by atoms with Crippen molar-refractivity contribution in [3.8, 4) is 5.75 Å². The summed E-state index contributed by atoms with van der Waals surface area (Å²) in [6.07, 6.45) is 0.980. The topological polar surface area (TPSA) is 61.6 Å². The number of carbonyl (C=O) groups excluding carboxylic acids is 1. The van der Waals surface area contributed by atoms with Gasteiger partial charge in [0.25, 0.3) is 0 Å². The van der Waals surface area contributed by atoms with E-state index < -0.39 is 5.91 Å². The number of hydrogen-bond acceptors (Lipinski definition) is 3. The minimum atomic E-state index is -0.522. The van der Waals surface area contributed by atoms with Gasteiger partial charge in [-0.3, -0.25) is 4.79 Å². The number of rotatable bonds is 4. The van der Waals surface area contributed by atoms with Gasteiger partial charge in [0.05, 0.1) is 13.2 Å². The Bertz CT molecular complexity index is 436. The number of benzene rings is 1. The molecule has 0 aliphatic carbocycles. The van der Waals surface area contributed by atoms with Crippen LogP contribution in [0.3, 0.4) is 0 Å². The molecule has 4 heteroatoms. The molecule has 0 spiro atoms. The van der Waals surface area contributed by atoms with Crippen LogP contribution in [-0.2, 0) is 9.53 Å². The van der Waals surface area contributed by atoms with Crippen molar-refractivity contribution in [2.75, 3.05) is 13.2 Å². The second kappa shape index (κ2) is 5.01. The largest absolute Gasteiger partial charge is 0.488 e. The van der Waals surface area contributed by atoms with Crippen LogP contribution in [0.25, 0.3) is 5.57 Å². The van der Waals surface area contributed by atoms with Crippen LogP contribution >= 0.6 is 0 Å². The highest BCUT2D eigenvalue weighted by molar-refractivity contribution is 6.17. The van der Waals surface area contributed by atoms with E-state index >= 15 is 0 Å². The van der Waals surface area contributed by atoms with E-state index in [2.05, 4.69) is 6.58 Å². The Morgan fingerprint density at radius 1 is 1.53 bits per heavy atom. The quantitative estimate of drug-likeness (QED) is 0.798. The summed E-state index contributed by atoms with van der Waals surface area (Å²) in [5, 5.41) is 0. The van der Waals surface area contributed by atoms with Crippen molar-refractivity contribution in [1.82, 2.24) is 0 Å². The zero-order valence-corrected chi connectivity index (χ0v) is 9.52. The zero-order chi connectivity index (χ0) is 12.3. The van der Waals surface area contributed by atoms with Crippen LogP contribution in [0.5, 0.6) is 5.75 Å². The summed E-state index contributed by atoms with van der Waals surface area (Å²) in [5.74, 6) is 0.187. The fourth-order valence-electron chi connectivity index (χ4n) is 1.70. The minimum absolute atomic E-state index is 0.0899. The number of amides is 1. The molecule has 4 nitrogen and oxygen atoms in total. The van der Waals surface area contributed by atoms with E-state index in [1.807, 2.05) is 12.1 Å². The van der Waals surface area contributed by atoms with Gasteiger partial charge >= 0.3 is 0 Å². The lowest BCUT2D eigenvalue weighted by atomic mass is 10.1. The Balaban J connectivity index is 2.10. The molecule has 1 aromatic carbocycles. The smallest absolute Gasteiger partial charge is 0.248 e. The Morgan fingerprint density at radius 2 is 2.35 bits per heavy atom. The molecule has 1 amide bonds. The molecule has 1 saturated heterocycles. The molecule has 0 aromatic heterocycles. The molecule has 2 N–H and O–H groups in total. The van der Waals surface area contributed by atoms with Crippen LogP contribution in [0.1, 0.15) is 12.0 Å². The molecule has 1 heterocycles. The Labute approximate surface area is 100 Å². The van der Waals surface area contributed by atoms with Gasteiger partial charge in [-0.25, -0.2) is 0 Å². The molecule has 1 aromatic rings. The van der Waals surface area contributed by atoms with E-state index in [-0.39, 0.29) is 11.7 Å². The Kier molecular flexibility index (Phi) is 3.44. The zero-order valence-electron chi connectivity index (χ0n) is 9.52. The summed E-state index contributed by atoms with van der Waals surface area (Å²) >= 11 is 0. The molecule has 1 atom stereocenters.